The van der Waals surface area contributed by atoms with Crippen LogP contribution in [0, 0.1) is 5.92 Å². The topological polar surface area (TPSA) is 90.2 Å². The molecule has 8 nitrogen and oxygen atoms in total. The molecule has 0 N–H and O–H groups in total. The Balaban J connectivity index is 1.71. The van der Waals surface area contributed by atoms with Crippen molar-refractivity contribution in [3.05, 3.63) is 35.7 Å². The quantitative estimate of drug-likeness (QED) is 0.734. The third-order valence-electron chi connectivity index (χ3n) is 4.36. The summed E-state index contributed by atoms with van der Waals surface area (Å²) in [5, 5.41) is 11.4. The Labute approximate surface area is 158 Å². The van der Waals surface area contributed by atoms with Gasteiger partial charge in [-0.1, -0.05) is 0 Å². The highest BCUT2D eigenvalue weighted by Crippen LogP contribution is 2.29. The van der Waals surface area contributed by atoms with E-state index in [1.165, 1.54) is 17.0 Å². The van der Waals surface area contributed by atoms with Gasteiger partial charge in [0, 0.05) is 13.1 Å². The lowest BCUT2D eigenvalue weighted by Crippen LogP contribution is -2.43. The molecule has 150 valence electrons. The van der Waals surface area contributed by atoms with Crippen molar-refractivity contribution in [1.29, 1.82) is 0 Å². The van der Waals surface area contributed by atoms with Gasteiger partial charge < -0.3 is 9.64 Å². The van der Waals surface area contributed by atoms with E-state index in [1.807, 2.05) is 0 Å². The largest absolute Gasteiger partial charge is 0.466 e. The Hall–Kier alpha value is -2.98. The Morgan fingerprint density at radius 3 is 2.61 bits per heavy atom. The summed E-state index contributed by atoms with van der Waals surface area (Å²) in [7, 11) is 0. The van der Waals surface area contributed by atoms with Crippen molar-refractivity contribution in [1.82, 2.24) is 25.1 Å². The average molecular weight is 397 g/mol. The van der Waals surface area contributed by atoms with E-state index in [9.17, 15) is 22.8 Å². The van der Waals surface area contributed by atoms with Crippen LogP contribution < -0.4 is 0 Å². The molecule has 0 aliphatic carbocycles. The summed E-state index contributed by atoms with van der Waals surface area (Å²) in [6.07, 6.45) is -3.17. The van der Waals surface area contributed by atoms with Crippen LogP contribution >= 0.6 is 0 Å². The molecule has 11 heteroatoms. The highest BCUT2D eigenvalue weighted by Gasteiger charge is 2.32. The number of rotatable bonds is 4. The summed E-state index contributed by atoms with van der Waals surface area (Å²) in [4.78, 5) is 26.9. The molecule has 2 aromatic rings. The van der Waals surface area contributed by atoms with Crippen LogP contribution in [0.2, 0.25) is 0 Å². The van der Waals surface area contributed by atoms with Gasteiger partial charge in [-0.3, -0.25) is 9.59 Å². The zero-order valence-corrected chi connectivity index (χ0v) is 15.0. The molecule has 0 spiro atoms. The first-order chi connectivity index (χ1) is 13.3. The number of piperidine rings is 1. The molecule has 1 aliphatic rings. The Kier molecular flexibility index (Phi) is 5.61. The summed E-state index contributed by atoms with van der Waals surface area (Å²) in [5.74, 6) is -1.43. The molecule has 1 aliphatic heterocycles. The monoisotopic (exact) mass is 397 g/mol. The number of tetrazole rings is 1. The Bertz CT molecular complexity index is 850. The van der Waals surface area contributed by atoms with Crippen molar-refractivity contribution in [2.75, 3.05) is 19.7 Å². The highest BCUT2D eigenvalue weighted by atomic mass is 19.4. The maximum absolute atomic E-state index is 12.6. The predicted octanol–water partition coefficient (Wildman–Crippen LogP) is 2.10. The summed E-state index contributed by atoms with van der Waals surface area (Å²) in [5.41, 5.74) is -0.561. The molecule has 0 unspecified atom stereocenters. The smallest absolute Gasteiger partial charge is 0.416 e. The van der Waals surface area contributed by atoms with Crippen LogP contribution in [0.1, 0.15) is 35.9 Å². The second kappa shape index (κ2) is 7.95. The molecule has 0 saturated carbocycles. The second-order valence-corrected chi connectivity index (χ2v) is 6.29. The van der Waals surface area contributed by atoms with Gasteiger partial charge in [-0.05, 0) is 49.2 Å². The lowest BCUT2D eigenvalue weighted by atomic mass is 9.98. The van der Waals surface area contributed by atoms with Gasteiger partial charge in [0.05, 0.1) is 23.8 Å². The number of hydrogen-bond acceptors (Lipinski definition) is 6. The first-order valence-corrected chi connectivity index (χ1v) is 8.73. The number of halogens is 3. The van der Waals surface area contributed by atoms with E-state index in [0.29, 0.717) is 19.4 Å². The molecule has 1 amide bonds. The number of ether oxygens (including phenoxy) is 1. The maximum atomic E-state index is 12.6. The SMILES string of the molecule is CCOC(=O)[C@@H]1CCCN(C(=O)c2nnn(-c3ccc(C(F)(F)F)cc3)n2)C1. The number of alkyl halides is 3. The molecule has 2 heterocycles. The molecule has 1 atom stereocenters. The highest BCUT2D eigenvalue weighted by molar-refractivity contribution is 5.90. The van der Waals surface area contributed by atoms with Crippen LogP contribution in [0.3, 0.4) is 0 Å². The van der Waals surface area contributed by atoms with Crippen LogP contribution in [0.5, 0.6) is 0 Å². The zero-order chi connectivity index (χ0) is 20.3. The summed E-state index contributed by atoms with van der Waals surface area (Å²) >= 11 is 0. The van der Waals surface area contributed by atoms with E-state index >= 15 is 0 Å². The minimum absolute atomic E-state index is 0.190. The molecule has 3 rings (SSSR count). The van der Waals surface area contributed by atoms with Gasteiger partial charge in [-0.2, -0.15) is 13.2 Å². The number of likely N-dealkylation sites (tertiary alicyclic amines) is 1. The van der Waals surface area contributed by atoms with E-state index in [0.717, 1.165) is 16.9 Å². The molecule has 1 fully saturated rings. The summed E-state index contributed by atoms with van der Waals surface area (Å²) in [6, 6.07) is 4.18. The van der Waals surface area contributed by atoms with Gasteiger partial charge in [0.2, 0.25) is 0 Å². The molecular weight excluding hydrogens is 379 g/mol. The molecular formula is C17H18F3N5O3. The molecule has 1 aromatic heterocycles. The number of hydrogen-bond donors (Lipinski definition) is 0. The van der Waals surface area contributed by atoms with E-state index in [2.05, 4.69) is 15.4 Å². The minimum atomic E-state index is -4.45. The van der Waals surface area contributed by atoms with Crippen LogP contribution in [0.4, 0.5) is 13.2 Å². The van der Waals surface area contributed by atoms with Crippen molar-refractivity contribution >= 4 is 11.9 Å². The Morgan fingerprint density at radius 2 is 1.96 bits per heavy atom. The number of aromatic nitrogens is 4. The van der Waals surface area contributed by atoms with E-state index in [-0.39, 0.29) is 30.6 Å². The second-order valence-electron chi connectivity index (χ2n) is 6.29. The van der Waals surface area contributed by atoms with Crippen molar-refractivity contribution in [2.45, 2.75) is 25.9 Å². The standard InChI is InChI=1S/C17H18F3N5O3/c1-2-28-16(27)11-4-3-9-24(10-11)15(26)14-21-23-25(22-14)13-7-5-12(6-8-13)17(18,19)20/h5-8,11H,2-4,9-10H2,1H3/t11-/m1/s1. The van der Waals surface area contributed by atoms with Crippen LogP contribution in [0.25, 0.3) is 5.69 Å². The lowest BCUT2D eigenvalue weighted by Gasteiger charge is -2.30. The molecule has 1 saturated heterocycles. The third kappa shape index (κ3) is 4.29. The van der Waals surface area contributed by atoms with Gasteiger partial charge >= 0.3 is 12.1 Å². The molecule has 1 aromatic carbocycles. The first-order valence-electron chi connectivity index (χ1n) is 8.73. The number of amides is 1. The summed E-state index contributed by atoms with van der Waals surface area (Å²) in [6.45, 7) is 2.63. The number of benzene rings is 1. The van der Waals surface area contributed by atoms with Crippen LogP contribution in [0.15, 0.2) is 24.3 Å². The average Bonchev–Trinajstić information content (AvgIpc) is 3.17. The van der Waals surface area contributed by atoms with E-state index in [4.69, 9.17) is 4.74 Å². The van der Waals surface area contributed by atoms with Gasteiger partial charge in [0.15, 0.2) is 0 Å². The molecule has 0 bridgehead atoms. The molecule has 0 radical (unpaired) electrons. The fourth-order valence-corrected chi connectivity index (χ4v) is 2.95. The van der Waals surface area contributed by atoms with Crippen molar-refractivity contribution in [2.24, 2.45) is 5.92 Å². The normalized spacial score (nSPS) is 17.4. The Morgan fingerprint density at radius 1 is 1.25 bits per heavy atom. The number of carbonyl (C=O) groups is 2. The van der Waals surface area contributed by atoms with Crippen LogP contribution in [-0.2, 0) is 15.7 Å². The van der Waals surface area contributed by atoms with Gasteiger partial charge in [0.1, 0.15) is 0 Å². The van der Waals surface area contributed by atoms with Crippen molar-refractivity contribution < 1.29 is 27.5 Å². The number of nitrogens with zero attached hydrogens (tertiary/aromatic N) is 5. The fraction of sp³-hybridized carbons (Fsp3) is 0.471. The molecule has 28 heavy (non-hydrogen) atoms. The zero-order valence-electron chi connectivity index (χ0n) is 15.0. The van der Waals surface area contributed by atoms with E-state index < -0.39 is 23.6 Å². The van der Waals surface area contributed by atoms with Crippen molar-refractivity contribution in [3.8, 4) is 5.69 Å². The van der Waals surface area contributed by atoms with Crippen molar-refractivity contribution in [3.63, 3.8) is 0 Å². The fourth-order valence-electron chi connectivity index (χ4n) is 2.95. The summed E-state index contributed by atoms with van der Waals surface area (Å²) < 4.78 is 42.9. The third-order valence-corrected chi connectivity index (χ3v) is 4.36. The van der Waals surface area contributed by atoms with Gasteiger partial charge in [0.25, 0.3) is 11.7 Å². The maximum Gasteiger partial charge on any atom is 0.416 e. The minimum Gasteiger partial charge on any atom is -0.466 e. The predicted molar refractivity (Wildman–Crippen MR) is 89.4 cm³/mol. The number of esters is 1. The van der Waals surface area contributed by atoms with Gasteiger partial charge in [-0.15, -0.1) is 15.0 Å². The lowest BCUT2D eigenvalue weighted by molar-refractivity contribution is -0.149. The first kappa shape index (κ1) is 19.8. The van der Waals surface area contributed by atoms with E-state index in [1.54, 1.807) is 6.92 Å². The van der Waals surface area contributed by atoms with Crippen LogP contribution in [-0.4, -0.2) is 56.7 Å². The van der Waals surface area contributed by atoms with Gasteiger partial charge in [-0.25, -0.2) is 0 Å². The number of carbonyl (C=O) groups excluding carboxylic acids is 2.